The molecule has 0 radical (unpaired) electrons. The van der Waals surface area contributed by atoms with E-state index < -0.39 is 5.82 Å². The minimum absolute atomic E-state index is 0.0972. The molecule has 4 heteroatoms. The van der Waals surface area contributed by atoms with Crippen LogP contribution in [0.5, 0.6) is 5.75 Å². The zero-order valence-corrected chi connectivity index (χ0v) is 7.02. The second kappa shape index (κ2) is 3.11. The Hall–Kier alpha value is -1.09. The highest BCUT2D eigenvalue weighted by Gasteiger charge is 2.12. The van der Waals surface area contributed by atoms with Gasteiger partial charge in [-0.1, -0.05) is 11.6 Å². The maximum absolute atomic E-state index is 12.9. The van der Waals surface area contributed by atoms with Gasteiger partial charge >= 0.3 is 0 Å². The summed E-state index contributed by atoms with van der Waals surface area (Å²) in [5, 5.41) is 9.02. The van der Waals surface area contributed by atoms with Gasteiger partial charge in [-0.2, -0.15) is 0 Å². The number of benzene rings is 1. The van der Waals surface area contributed by atoms with E-state index in [1.165, 1.54) is 6.92 Å². The van der Waals surface area contributed by atoms with Gasteiger partial charge in [0.1, 0.15) is 11.6 Å². The van der Waals surface area contributed by atoms with Crippen LogP contribution in [0.15, 0.2) is 6.07 Å². The Labute approximate surface area is 73.6 Å². The molecule has 0 spiro atoms. The SMILES string of the molecule is Cc1c(F)cc(Cl)c(O)c1C=O. The molecule has 0 bridgehead atoms. The Morgan fingerprint density at radius 1 is 1.67 bits per heavy atom. The molecule has 1 N–H and O–H groups in total. The molecule has 1 aromatic rings. The molecule has 0 aliphatic rings. The van der Waals surface area contributed by atoms with Gasteiger partial charge in [-0.3, -0.25) is 4.79 Å². The summed E-state index contributed by atoms with van der Waals surface area (Å²) in [5.41, 5.74) is 0.00639. The lowest BCUT2D eigenvalue weighted by Gasteiger charge is -2.04. The molecular weight excluding hydrogens is 183 g/mol. The van der Waals surface area contributed by atoms with Gasteiger partial charge in [-0.25, -0.2) is 4.39 Å². The Bertz CT molecular complexity index is 310. The largest absolute Gasteiger partial charge is 0.506 e. The molecule has 0 amide bonds. The predicted molar refractivity (Wildman–Crippen MR) is 43.2 cm³/mol. The van der Waals surface area contributed by atoms with E-state index in [9.17, 15) is 14.3 Å². The fourth-order valence-electron chi connectivity index (χ4n) is 0.867. The van der Waals surface area contributed by atoms with Crippen molar-refractivity contribution in [1.29, 1.82) is 0 Å². The maximum atomic E-state index is 12.9. The predicted octanol–water partition coefficient (Wildman–Crippen LogP) is 2.31. The van der Waals surface area contributed by atoms with Crippen LogP contribution in [-0.4, -0.2) is 11.4 Å². The zero-order valence-electron chi connectivity index (χ0n) is 6.27. The molecule has 0 aromatic heterocycles. The zero-order chi connectivity index (χ0) is 9.30. The van der Waals surface area contributed by atoms with E-state index in [4.69, 9.17) is 11.6 Å². The second-order valence-corrected chi connectivity index (χ2v) is 2.75. The number of aldehydes is 1. The van der Waals surface area contributed by atoms with Gasteiger partial charge in [0, 0.05) is 0 Å². The summed E-state index contributed by atoms with van der Waals surface area (Å²) in [6.07, 6.45) is 0.375. The van der Waals surface area contributed by atoms with Crippen molar-refractivity contribution < 1.29 is 14.3 Å². The number of aromatic hydroxyl groups is 1. The summed E-state index contributed by atoms with van der Waals surface area (Å²) < 4.78 is 12.9. The van der Waals surface area contributed by atoms with Crippen molar-refractivity contribution >= 4 is 17.9 Å². The van der Waals surface area contributed by atoms with E-state index in [1.54, 1.807) is 0 Å². The standard InChI is InChI=1S/C8H6ClFO2/c1-4-5(3-11)8(12)6(9)2-7(4)10/h2-3,12H,1H3. The molecular formula is C8H6ClFO2. The maximum Gasteiger partial charge on any atom is 0.154 e. The second-order valence-electron chi connectivity index (χ2n) is 2.35. The summed E-state index contributed by atoms with van der Waals surface area (Å²) in [4.78, 5) is 10.4. The van der Waals surface area contributed by atoms with Crippen LogP contribution in [0.4, 0.5) is 4.39 Å². The van der Waals surface area contributed by atoms with E-state index in [1.807, 2.05) is 0 Å². The highest BCUT2D eigenvalue weighted by Crippen LogP contribution is 2.30. The van der Waals surface area contributed by atoms with Crippen molar-refractivity contribution in [3.63, 3.8) is 0 Å². The van der Waals surface area contributed by atoms with Crippen molar-refractivity contribution in [3.8, 4) is 5.75 Å². The van der Waals surface area contributed by atoms with Gasteiger partial charge in [0.2, 0.25) is 0 Å². The van der Waals surface area contributed by atoms with Crippen molar-refractivity contribution in [2.24, 2.45) is 0 Å². The number of carbonyl (C=O) groups excluding carboxylic acids is 1. The fourth-order valence-corrected chi connectivity index (χ4v) is 1.06. The van der Waals surface area contributed by atoms with Gasteiger partial charge in [0.05, 0.1) is 10.6 Å². The van der Waals surface area contributed by atoms with Crippen LogP contribution in [0.3, 0.4) is 0 Å². The van der Waals surface area contributed by atoms with Crippen LogP contribution in [0.1, 0.15) is 15.9 Å². The molecule has 0 aliphatic carbocycles. The molecule has 0 unspecified atom stereocenters. The first-order valence-corrected chi connectivity index (χ1v) is 3.58. The highest BCUT2D eigenvalue weighted by molar-refractivity contribution is 6.32. The lowest BCUT2D eigenvalue weighted by molar-refractivity contribution is 0.112. The van der Waals surface area contributed by atoms with E-state index in [0.29, 0.717) is 6.29 Å². The molecule has 0 heterocycles. The van der Waals surface area contributed by atoms with E-state index in [0.717, 1.165) is 6.07 Å². The third kappa shape index (κ3) is 1.28. The van der Waals surface area contributed by atoms with Gasteiger partial charge < -0.3 is 5.11 Å². The average Bonchev–Trinajstić information content (AvgIpc) is 2.02. The average molecular weight is 189 g/mol. The number of rotatable bonds is 1. The Kier molecular flexibility index (Phi) is 2.33. The number of carbonyl (C=O) groups is 1. The number of hydrogen-bond donors (Lipinski definition) is 1. The van der Waals surface area contributed by atoms with Crippen LogP contribution in [0.25, 0.3) is 0 Å². The number of phenols is 1. The van der Waals surface area contributed by atoms with E-state index >= 15 is 0 Å². The van der Waals surface area contributed by atoms with Crippen molar-refractivity contribution in [2.75, 3.05) is 0 Å². The molecule has 0 aliphatic heterocycles. The minimum atomic E-state index is -0.597. The third-order valence-corrected chi connectivity index (χ3v) is 1.90. The summed E-state index contributed by atoms with van der Waals surface area (Å²) in [6, 6.07) is 0.971. The van der Waals surface area contributed by atoms with Gasteiger partial charge in [0.15, 0.2) is 6.29 Å². The lowest BCUT2D eigenvalue weighted by Crippen LogP contribution is -1.92. The fraction of sp³-hybridized carbons (Fsp3) is 0.125. The van der Waals surface area contributed by atoms with Crippen LogP contribution in [0.2, 0.25) is 5.02 Å². The Balaban J connectivity index is 3.52. The molecule has 2 nitrogen and oxygen atoms in total. The lowest BCUT2D eigenvalue weighted by atomic mass is 10.1. The highest BCUT2D eigenvalue weighted by atomic mass is 35.5. The first-order chi connectivity index (χ1) is 5.57. The number of hydrogen-bond acceptors (Lipinski definition) is 2. The third-order valence-electron chi connectivity index (χ3n) is 1.61. The van der Waals surface area contributed by atoms with Gasteiger partial charge in [-0.05, 0) is 18.6 Å². The Morgan fingerprint density at radius 3 is 2.75 bits per heavy atom. The topological polar surface area (TPSA) is 37.3 Å². The summed E-state index contributed by atoms with van der Waals surface area (Å²) in [6.45, 7) is 1.40. The monoisotopic (exact) mass is 188 g/mol. The minimum Gasteiger partial charge on any atom is -0.506 e. The summed E-state index contributed by atoms with van der Waals surface area (Å²) >= 11 is 5.42. The van der Waals surface area contributed by atoms with Crippen molar-refractivity contribution in [3.05, 3.63) is 28.0 Å². The number of halogens is 2. The summed E-state index contributed by atoms with van der Waals surface area (Å²) in [5.74, 6) is -0.967. The molecule has 12 heavy (non-hydrogen) atoms. The molecule has 64 valence electrons. The molecule has 0 atom stereocenters. The van der Waals surface area contributed by atoms with E-state index in [2.05, 4.69) is 0 Å². The molecule has 1 rings (SSSR count). The van der Waals surface area contributed by atoms with Crippen LogP contribution in [0, 0.1) is 12.7 Å². The van der Waals surface area contributed by atoms with Crippen LogP contribution in [-0.2, 0) is 0 Å². The Morgan fingerprint density at radius 2 is 2.25 bits per heavy atom. The van der Waals surface area contributed by atoms with Crippen LogP contribution >= 0.6 is 11.6 Å². The van der Waals surface area contributed by atoms with Gasteiger partial charge in [0.25, 0.3) is 0 Å². The van der Waals surface area contributed by atoms with E-state index in [-0.39, 0.29) is 21.9 Å². The van der Waals surface area contributed by atoms with Crippen molar-refractivity contribution in [1.82, 2.24) is 0 Å². The van der Waals surface area contributed by atoms with Crippen LogP contribution < -0.4 is 0 Å². The van der Waals surface area contributed by atoms with Gasteiger partial charge in [-0.15, -0.1) is 0 Å². The normalized spacial score (nSPS) is 9.92. The quantitative estimate of drug-likeness (QED) is 0.687. The molecule has 0 saturated heterocycles. The number of phenolic OH excluding ortho intramolecular Hbond substituents is 1. The molecule has 0 fully saturated rings. The summed E-state index contributed by atoms with van der Waals surface area (Å²) in [7, 11) is 0. The molecule has 0 saturated carbocycles. The first kappa shape index (κ1) is 9.00. The molecule has 1 aromatic carbocycles. The first-order valence-electron chi connectivity index (χ1n) is 3.20. The smallest absolute Gasteiger partial charge is 0.154 e. The van der Waals surface area contributed by atoms with Crippen molar-refractivity contribution in [2.45, 2.75) is 6.92 Å².